The highest BCUT2D eigenvalue weighted by Crippen LogP contribution is 2.34. The molecule has 1 heterocycles. The van der Waals surface area contributed by atoms with E-state index in [0.29, 0.717) is 27.2 Å². The van der Waals surface area contributed by atoms with Gasteiger partial charge in [-0.25, -0.2) is 0 Å². The van der Waals surface area contributed by atoms with Crippen LogP contribution < -0.4 is 20.1 Å². The van der Waals surface area contributed by atoms with Gasteiger partial charge in [-0.1, -0.05) is 29.3 Å². The van der Waals surface area contributed by atoms with E-state index in [1.54, 1.807) is 30.3 Å². The van der Waals surface area contributed by atoms with E-state index < -0.39 is 0 Å². The van der Waals surface area contributed by atoms with Gasteiger partial charge in [-0.2, -0.15) is 0 Å². The molecule has 0 bridgehead atoms. The van der Waals surface area contributed by atoms with E-state index in [-0.39, 0.29) is 25.3 Å². The van der Waals surface area contributed by atoms with Crippen LogP contribution in [0.1, 0.15) is 18.5 Å². The Morgan fingerprint density at radius 1 is 1.17 bits per heavy atom. The van der Waals surface area contributed by atoms with Gasteiger partial charge in [0.25, 0.3) is 0 Å². The third kappa shape index (κ3) is 3.93. The summed E-state index contributed by atoms with van der Waals surface area (Å²) < 4.78 is 10.5. The molecule has 24 heavy (non-hydrogen) atoms. The fourth-order valence-corrected chi connectivity index (χ4v) is 2.96. The van der Waals surface area contributed by atoms with Crippen molar-refractivity contribution in [1.29, 1.82) is 0 Å². The van der Waals surface area contributed by atoms with Crippen molar-refractivity contribution in [3.63, 3.8) is 0 Å². The largest absolute Gasteiger partial charge is 0.454 e. The van der Waals surface area contributed by atoms with Gasteiger partial charge in [-0.05, 0) is 36.8 Å². The van der Waals surface area contributed by atoms with Gasteiger partial charge in [-0.3, -0.25) is 4.79 Å². The van der Waals surface area contributed by atoms with Crippen molar-refractivity contribution >= 4 is 34.8 Å². The molecule has 0 saturated carbocycles. The Labute approximate surface area is 149 Å². The fraction of sp³-hybridized carbons (Fsp3) is 0.235. The van der Waals surface area contributed by atoms with Gasteiger partial charge in [0, 0.05) is 27.8 Å². The number of amides is 1. The molecule has 0 aromatic heterocycles. The van der Waals surface area contributed by atoms with Crippen molar-refractivity contribution in [3.05, 3.63) is 52.0 Å². The van der Waals surface area contributed by atoms with Gasteiger partial charge in [-0.15, -0.1) is 0 Å². The molecule has 0 spiro atoms. The Balaban J connectivity index is 1.55. The van der Waals surface area contributed by atoms with Crippen LogP contribution in [0.5, 0.6) is 11.5 Å². The summed E-state index contributed by atoms with van der Waals surface area (Å²) in [6.07, 6.45) is 0. The van der Waals surface area contributed by atoms with Crippen LogP contribution in [-0.2, 0) is 4.79 Å². The van der Waals surface area contributed by atoms with Crippen LogP contribution in [0.4, 0.5) is 5.69 Å². The van der Waals surface area contributed by atoms with Crippen LogP contribution in [0.25, 0.3) is 0 Å². The van der Waals surface area contributed by atoms with Crippen LogP contribution in [0, 0.1) is 0 Å². The van der Waals surface area contributed by atoms with Gasteiger partial charge in [0.05, 0.1) is 6.54 Å². The van der Waals surface area contributed by atoms with Gasteiger partial charge in [0.15, 0.2) is 11.5 Å². The van der Waals surface area contributed by atoms with E-state index in [9.17, 15) is 4.79 Å². The van der Waals surface area contributed by atoms with E-state index in [1.165, 1.54) is 0 Å². The fourth-order valence-electron chi connectivity index (χ4n) is 2.39. The molecule has 1 aliphatic heterocycles. The molecule has 1 amide bonds. The van der Waals surface area contributed by atoms with E-state index >= 15 is 0 Å². The number of fused-ring (bicyclic) bond motifs is 1. The van der Waals surface area contributed by atoms with E-state index in [4.69, 9.17) is 32.7 Å². The highest BCUT2D eigenvalue weighted by molar-refractivity contribution is 6.35. The lowest BCUT2D eigenvalue weighted by atomic mass is 10.1. The first kappa shape index (κ1) is 16.9. The summed E-state index contributed by atoms with van der Waals surface area (Å²) in [5, 5.41) is 7.10. The van der Waals surface area contributed by atoms with E-state index in [2.05, 4.69) is 10.6 Å². The summed E-state index contributed by atoms with van der Waals surface area (Å²) in [4.78, 5) is 12.1. The zero-order chi connectivity index (χ0) is 17.1. The molecule has 7 heteroatoms. The van der Waals surface area contributed by atoms with Gasteiger partial charge in [0.2, 0.25) is 12.7 Å². The lowest BCUT2D eigenvalue weighted by Crippen LogP contribution is -2.30. The molecule has 2 N–H and O–H groups in total. The van der Waals surface area contributed by atoms with E-state index in [0.717, 1.165) is 5.56 Å². The lowest BCUT2D eigenvalue weighted by Gasteiger charge is -2.16. The average molecular weight is 367 g/mol. The second kappa shape index (κ2) is 7.30. The number of halogens is 2. The number of carbonyl (C=O) groups excluding carboxylic acids is 1. The summed E-state index contributed by atoms with van der Waals surface area (Å²) in [5.74, 6) is 1.14. The molecule has 0 aliphatic carbocycles. The molecule has 0 radical (unpaired) electrons. The third-order valence-corrected chi connectivity index (χ3v) is 4.22. The smallest absolute Gasteiger partial charge is 0.238 e. The number of nitrogens with one attached hydrogen (secondary N) is 2. The van der Waals surface area contributed by atoms with E-state index in [1.807, 2.05) is 13.0 Å². The SMILES string of the molecule is CC(NCC(=O)Nc1ccc2c(c1)OCO2)c1ccc(Cl)cc1Cl. The predicted octanol–water partition coefficient (Wildman–Crippen LogP) is 4.01. The number of ether oxygens (including phenoxy) is 2. The van der Waals surface area contributed by atoms with Crippen molar-refractivity contribution in [2.45, 2.75) is 13.0 Å². The Bertz CT molecular complexity index is 767. The number of rotatable bonds is 5. The standard InChI is InChI=1S/C17H16Cl2N2O3/c1-10(13-4-2-11(18)6-14(13)19)20-8-17(22)21-12-3-5-15-16(7-12)24-9-23-15/h2-7,10,20H,8-9H2,1H3,(H,21,22). The van der Waals surface area contributed by atoms with Gasteiger partial charge >= 0.3 is 0 Å². The van der Waals surface area contributed by atoms with Crippen LogP contribution in [-0.4, -0.2) is 19.2 Å². The predicted molar refractivity (Wildman–Crippen MR) is 94.1 cm³/mol. The normalized spacial score (nSPS) is 13.6. The number of anilines is 1. The summed E-state index contributed by atoms with van der Waals surface area (Å²) in [6, 6.07) is 10.5. The molecule has 126 valence electrons. The summed E-state index contributed by atoms with van der Waals surface area (Å²) in [7, 11) is 0. The Hall–Kier alpha value is -1.95. The number of hydrogen-bond acceptors (Lipinski definition) is 4. The second-order valence-corrected chi connectivity index (χ2v) is 6.23. The Morgan fingerprint density at radius 2 is 1.96 bits per heavy atom. The summed E-state index contributed by atoms with van der Waals surface area (Å²) in [5.41, 5.74) is 1.54. The maximum Gasteiger partial charge on any atom is 0.238 e. The number of hydrogen-bond donors (Lipinski definition) is 2. The van der Waals surface area contributed by atoms with Gasteiger partial charge in [0.1, 0.15) is 0 Å². The molecular formula is C17H16Cl2N2O3. The maximum absolute atomic E-state index is 12.1. The Kier molecular flexibility index (Phi) is 5.14. The molecule has 0 fully saturated rings. The molecule has 1 aliphatic rings. The first-order chi connectivity index (χ1) is 11.5. The lowest BCUT2D eigenvalue weighted by molar-refractivity contribution is -0.115. The zero-order valence-corrected chi connectivity index (χ0v) is 14.4. The average Bonchev–Trinajstić information content (AvgIpc) is 3.00. The van der Waals surface area contributed by atoms with Crippen LogP contribution in [0.3, 0.4) is 0 Å². The third-order valence-electron chi connectivity index (χ3n) is 3.65. The zero-order valence-electron chi connectivity index (χ0n) is 12.9. The van der Waals surface area contributed by atoms with Crippen molar-refractivity contribution in [3.8, 4) is 11.5 Å². The van der Waals surface area contributed by atoms with Crippen molar-refractivity contribution in [2.24, 2.45) is 0 Å². The molecular weight excluding hydrogens is 351 g/mol. The summed E-state index contributed by atoms with van der Waals surface area (Å²) >= 11 is 12.1. The molecule has 0 saturated heterocycles. The first-order valence-electron chi connectivity index (χ1n) is 7.41. The topological polar surface area (TPSA) is 59.6 Å². The molecule has 2 aromatic rings. The molecule has 1 atom stereocenters. The van der Waals surface area contributed by atoms with Crippen LogP contribution >= 0.6 is 23.2 Å². The monoisotopic (exact) mass is 366 g/mol. The van der Waals surface area contributed by atoms with Crippen molar-refractivity contribution in [2.75, 3.05) is 18.7 Å². The van der Waals surface area contributed by atoms with Crippen molar-refractivity contribution in [1.82, 2.24) is 5.32 Å². The molecule has 2 aromatic carbocycles. The maximum atomic E-state index is 12.1. The minimum absolute atomic E-state index is 0.0859. The first-order valence-corrected chi connectivity index (χ1v) is 8.16. The van der Waals surface area contributed by atoms with Crippen LogP contribution in [0.2, 0.25) is 10.0 Å². The summed E-state index contributed by atoms with van der Waals surface area (Å²) in [6.45, 7) is 2.28. The minimum atomic E-state index is -0.161. The number of carbonyl (C=O) groups is 1. The van der Waals surface area contributed by atoms with Gasteiger partial charge < -0.3 is 20.1 Å². The molecule has 3 rings (SSSR count). The highest BCUT2D eigenvalue weighted by atomic mass is 35.5. The van der Waals surface area contributed by atoms with Crippen molar-refractivity contribution < 1.29 is 14.3 Å². The molecule has 1 unspecified atom stereocenters. The highest BCUT2D eigenvalue weighted by Gasteiger charge is 2.15. The Morgan fingerprint density at radius 3 is 2.75 bits per heavy atom. The molecule has 5 nitrogen and oxygen atoms in total. The quantitative estimate of drug-likeness (QED) is 0.838. The van der Waals surface area contributed by atoms with Crippen LogP contribution in [0.15, 0.2) is 36.4 Å². The minimum Gasteiger partial charge on any atom is -0.454 e. The second-order valence-electron chi connectivity index (χ2n) is 5.38. The number of benzene rings is 2.